The molecule has 4 fully saturated rings. The first kappa shape index (κ1) is 37.1. The van der Waals surface area contributed by atoms with Crippen molar-refractivity contribution in [2.45, 2.75) is 88.9 Å². The van der Waals surface area contributed by atoms with Crippen molar-refractivity contribution in [3.63, 3.8) is 0 Å². The maximum atomic E-state index is 2.63. The number of hydrogen-bond acceptors (Lipinski definition) is 1. The molecule has 1 heteroatoms. The van der Waals surface area contributed by atoms with E-state index in [2.05, 4.69) is 196 Å². The van der Waals surface area contributed by atoms with Gasteiger partial charge >= 0.3 is 0 Å². The van der Waals surface area contributed by atoms with Crippen molar-refractivity contribution >= 4 is 17.1 Å². The molecule has 61 heavy (non-hydrogen) atoms. The molecule has 7 aromatic carbocycles. The molecule has 13 rings (SSSR count). The number of rotatable bonds is 6. The summed E-state index contributed by atoms with van der Waals surface area (Å²) in [5.74, 6) is 3.42. The zero-order valence-corrected chi connectivity index (χ0v) is 36.3. The molecule has 6 aliphatic carbocycles. The maximum Gasteiger partial charge on any atom is 0.0464 e. The van der Waals surface area contributed by atoms with Crippen LogP contribution in [0.2, 0.25) is 0 Å². The predicted molar refractivity (Wildman–Crippen MR) is 256 cm³/mol. The Labute approximate surface area is 363 Å². The van der Waals surface area contributed by atoms with Crippen LogP contribution in [0.5, 0.6) is 0 Å². The van der Waals surface area contributed by atoms with Crippen LogP contribution in [0, 0.1) is 23.7 Å². The van der Waals surface area contributed by atoms with E-state index in [4.69, 9.17) is 0 Å². The van der Waals surface area contributed by atoms with Gasteiger partial charge in [0.1, 0.15) is 0 Å². The highest BCUT2D eigenvalue weighted by Gasteiger charge is 2.61. The second-order valence-electron chi connectivity index (χ2n) is 20.8. The van der Waals surface area contributed by atoms with Gasteiger partial charge in [0.2, 0.25) is 0 Å². The molecule has 7 aromatic rings. The molecule has 1 nitrogen and oxygen atoms in total. The van der Waals surface area contributed by atoms with E-state index in [0.717, 1.165) is 23.7 Å². The van der Waals surface area contributed by atoms with E-state index in [1.807, 2.05) is 0 Å². The quantitative estimate of drug-likeness (QED) is 0.162. The third-order valence-corrected chi connectivity index (χ3v) is 16.6. The third-order valence-electron chi connectivity index (χ3n) is 16.6. The monoisotopic (exact) mass is 791 g/mol. The van der Waals surface area contributed by atoms with Crippen LogP contribution in [0.1, 0.15) is 94.9 Å². The Kier molecular flexibility index (Phi) is 8.32. The van der Waals surface area contributed by atoms with Crippen molar-refractivity contribution in [2.24, 2.45) is 23.7 Å². The lowest BCUT2D eigenvalue weighted by Gasteiger charge is -2.61. The molecular formula is C60H57N. The Balaban J connectivity index is 0.922. The van der Waals surface area contributed by atoms with Gasteiger partial charge in [-0.1, -0.05) is 149 Å². The summed E-state index contributed by atoms with van der Waals surface area (Å²) in [4.78, 5) is 2.48. The fourth-order valence-electron chi connectivity index (χ4n) is 13.6. The van der Waals surface area contributed by atoms with Crippen molar-refractivity contribution in [1.29, 1.82) is 0 Å². The molecule has 0 saturated heterocycles. The average Bonchev–Trinajstić information content (AvgIpc) is 3.58. The van der Waals surface area contributed by atoms with Crippen LogP contribution >= 0.6 is 0 Å². The summed E-state index contributed by atoms with van der Waals surface area (Å²) in [6.07, 6.45) is 9.53. The molecule has 1 spiro atoms. The molecular weight excluding hydrogens is 735 g/mol. The SMILES string of the molecule is CC1(C)CCC(C)(C)c2cc(N(c3ccc(-c4ccc(-c5ccccc5)cc4)cc3)c3ccc(-c4ccc5c(c4)C4(c6ccccc6-5)C5CC6CC(C5)CC4C6)cc3)ccc21. The van der Waals surface area contributed by atoms with E-state index in [0.29, 0.717) is 0 Å². The topological polar surface area (TPSA) is 3.24 Å². The molecule has 0 N–H and O–H groups in total. The van der Waals surface area contributed by atoms with Crippen LogP contribution in [0.25, 0.3) is 44.5 Å². The molecule has 4 saturated carbocycles. The van der Waals surface area contributed by atoms with E-state index in [1.165, 1.54) is 118 Å². The van der Waals surface area contributed by atoms with E-state index < -0.39 is 0 Å². The van der Waals surface area contributed by atoms with Gasteiger partial charge in [-0.2, -0.15) is 0 Å². The van der Waals surface area contributed by atoms with Crippen molar-refractivity contribution in [3.8, 4) is 44.5 Å². The summed E-state index contributed by atoms with van der Waals surface area (Å²) in [5.41, 5.74) is 20.8. The summed E-state index contributed by atoms with van der Waals surface area (Å²) >= 11 is 0. The standard InChI is InChI=1S/C60H57N/c1-58(2)30-31-59(3,4)57-38-51(27-29-55(57)58)61(49-23-18-44(19-24-49)43-16-14-42(15-17-43)41-10-6-5-7-11-41)50-25-20-45(21-26-50)46-22-28-53-52-12-8-9-13-54(52)60(56(53)37-46)47-33-39-32-40(35-47)36-48(60)34-39/h5-29,37-40,47-48H,30-36H2,1-4H3. The minimum atomic E-state index is 0.119. The highest BCUT2D eigenvalue weighted by molar-refractivity contribution is 5.86. The fraction of sp³-hybridized carbons (Fsp3) is 0.300. The molecule has 0 heterocycles. The van der Waals surface area contributed by atoms with E-state index in [1.54, 1.807) is 11.1 Å². The summed E-state index contributed by atoms with van der Waals surface area (Å²) in [6, 6.07) is 62.6. The normalized spacial score (nSPS) is 24.6. The molecule has 302 valence electrons. The Hall–Kier alpha value is -5.66. The van der Waals surface area contributed by atoms with Gasteiger partial charge in [0.05, 0.1) is 0 Å². The van der Waals surface area contributed by atoms with Gasteiger partial charge in [-0.15, -0.1) is 0 Å². The molecule has 0 aromatic heterocycles. The van der Waals surface area contributed by atoms with Crippen molar-refractivity contribution < 1.29 is 0 Å². The Morgan fingerprint density at radius 3 is 1.43 bits per heavy atom. The summed E-state index contributed by atoms with van der Waals surface area (Å²) < 4.78 is 0. The van der Waals surface area contributed by atoms with Gasteiger partial charge in [0.15, 0.2) is 0 Å². The fourth-order valence-corrected chi connectivity index (χ4v) is 13.6. The summed E-state index contributed by atoms with van der Waals surface area (Å²) in [6.45, 7) is 9.71. The van der Waals surface area contributed by atoms with Crippen LogP contribution in [0.15, 0.2) is 164 Å². The largest absolute Gasteiger partial charge is 0.310 e. The minimum absolute atomic E-state index is 0.119. The summed E-state index contributed by atoms with van der Waals surface area (Å²) in [7, 11) is 0. The lowest BCUT2D eigenvalue weighted by molar-refractivity contribution is -0.0399. The van der Waals surface area contributed by atoms with Gasteiger partial charge in [-0.25, -0.2) is 0 Å². The first-order chi connectivity index (χ1) is 29.7. The lowest BCUT2D eigenvalue weighted by Crippen LogP contribution is -2.55. The number of benzene rings is 7. The Bertz CT molecular complexity index is 2760. The number of hydrogen-bond donors (Lipinski definition) is 0. The first-order valence-electron chi connectivity index (χ1n) is 23.2. The van der Waals surface area contributed by atoms with Crippen LogP contribution in [0.3, 0.4) is 0 Å². The van der Waals surface area contributed by atoms with Crippen LogP contribution in [0.4, 0.5) is 17.1 Å². The van der Waals surface area contributed by atoms with Gasteiger partial charge in [-0.05, 0) is 189 Å². The molecule has 6 aliphatic rings. The number of nitrogens with zero attached hydrogens (tertiary/aromatic N) is 1. The second kappa shape index (κ2) is 13.7. The van der Waals surface area contributed by atoms with Gasteiger partial charge in [0.25, 0.3) is 0 Å². The van der Waals surface area contributed by atoms with Crippen LogP contribution in [-0.4, -0.2) is 0 Å². The van der Waals surface area contributed by atoms with E-state index >= 15 is 0 Å². The molecule has 0 aliphatic heterocycles. The highest BCUT2D eigenvalue weighted by atomic mass is 15.1. The Morgan fingerprint density at radius 2 is 0.820 bits per heavy atom. The minimum Gasteiger partial charge on any atom is -0.310 e. The molecule has 0 radical (unpaired) electrons. The molecule has 0 amide bonds. The first-order valence-corrected chi connectivity index (χ1v) is 23.2. The maximum absolute atomic E-state index is 2.63. The number of anilines is 3. The predicted octanol–water partition coefficient (Wildman–Crippen LogP) is 16.2. The van der Waals surface area contributed by atoms with Gasteiger partial charge in [0, 0.05) is 22.5 Å². The van der Waals surface area contributed by atoms with Crippen molar-refractivity contribution in [3.05, 3.63) is 186 Å². The number of fused-ring (bicyclic) bond motifs is 4. The highest BCUT2D eigenvalue weighted by Crippen LogP contribution is 2.69. The molecule has 0 atom stereocenters. The van der Waals surface area contributed by atoms with Crippen molar-refractivity contribution in [1.82, 2.24) is 0 Å². The summed E-state index contributed by atoms with van der Waals surface area (Å²) in [5, 5.41) is 0. The van der Waals surface area contributed by atoms with Crippen LogP contribution < -0.4 is 4.90 Å². The van der Waals surface area contributed by atoms with Crippen LogP contribution in [-0.2, 0) is 16.2 Å². The average molecular weight is 792 g/mol. The van der Waals surface area contributed by atoms with E-state index in [9.17, 15) is 0 Å². The zero-order valence-electron chi connectivity index (χ0n) is 36.3. The van der Waals surface area contributed by atoms with Gasteiger partial charge < -0.3 is 4.90 Å². The van der Waals surface area contributed by atoms with Crippen molar-refractivity contribution in [2.75, 3.05) is 4.90 Å². The third kappa shape index (κ3) is 5.79. The second-order valence-corrected chi connectivity index (χ2v) is 20.8. The zero-order chi connectivity index (χ0) is 41.1. The molecule has 0 unspecified atom stereocenters. The Morgan fingerprint density at radius 1 is 0.361 bits per heavy atom. The van der Waals surface area contributed by atoms with Gasteiger partial charge in [-0.3, -0.25) is 0 Å². The molecule has 4 bridgehead atoms. The lowest BCUT2D eigenvalue weighted by atomic mass is 9.43. The van der Waals surface area contributed by atoms with E-state index in [-0.39, 0.29) is 16.2 Å². The smallest absolute Gasteiger partial charge is 0.0464 e.